The molecular formula is C26H22N2O8S. The zero-order chi connectivity index (χ0) is 25.4. The summed E-state index contributed by atoms with van der Waals surface area (Å²) in [7, 11) is -2.55. The van der Waals surface area contributed by atoms with Crippen molar-refractivity contribution >= 4 is 15.7 Å². The maximum absolute atomic E-state index is 13.8. The SMILES string of the molecule is COc1cccc(-c2nc(S(=O)(=O)c3ccc4c(c3)OCCO4)c(NCc3ccc4c(c3)OCO4)o2)c1. The highest BCUT2D eigenvalue weighted by Crippen LogP contribution is 2.38. The number of hydrogen-bond donors (Lipinski definition) is 1. The average Bonchev–Trinajstić information content (AvgIpc) is 3.59. The van der Waals surface area contributed by atoms with E-state index >= 15 is 0 Å². The normalized spacial score (nSPS) is 13.9. The summed E-state index contributed by atoms with van der Waals surface area (Å²) in [5.41, 5.74) is 1.40. The molecule has 0 spiro atoms. The number of sulfone groups is 1. The lowest BCUT2D eigenvalue weighted by Gasteiger charge is -2.18. The van der Waals surface area contributed by atoms with Gasteiger partial charge in [0.15, 0.2) is 23.0 Å². The van der Waals surface area contributed by atoms with Crippen LogP contribution in [0.3, 0.4) is 0 Å². The predicted octanol–water partition coefficient (Wildman–Crippen LogP) is 4.30. The first-order valence-corrected chi connectivity index (χ1v) is 12.9. The van der Waals surface area contributed by atoms with Crippen molar-refractivity contribution in [3.8, 4) is 40.2 Å². The molecule has 0 amide bonds. The highest BCUT2D eigenvalue weighted by molar-refractivity contribution is 7.91. The van der Waals surface area contributed by atoms with E-state index in [0.717, 1.165) is 5.56 Å². The number of oxazole rings is 1. The van der Waals surface area contributed by atoms with E-state index in [1.165, 1.54) is 12.1 Å². The standard InChI is InChI=1S/C26H22N2O8S/c1-31-18-4-2-3-17(12-18)24-28-26(37(29,30)19-6-8-20-23(13-19)33-10-9-32-20)25(36-24)27-14-16-5-7-21-22(11-16)35-15-34-21/h2-8,11-13,27H,9-10,14-15H2,1H3. The Bertz CT molecular complexity index is 1580. The Balaban J connectivity index is 1.38. The molecule has 1 aromatic heterocycles. The van der Waals surface area contributed by atoms with Crippen LogP contribution in [0.15, 0.2) is 75.0 Å². The number of fused-ring (bicyclic) bond motifs is 2. The molecule has 0 aliphatic carbocycles. The van der Waals surface area contributed by atoms with E-state index in [9.17, 15) is 8.42 Å². The van der Waals surface area contributed by atoms with Crippen LogP contribution in [0.4, 0.5) is 5.88 Å². The van der Waals surface area contributed by atoms with Gasteiger partial charge in [-0.2, -0.15) is 4.98 Å². The molecule has 2 aliphatic rings. The Morgan fingerprint density at radius 3 is 2.51 bits per heavy atom. The van der Waals surface area contributed by atoms with E-state index < -0.39 is 9.84 Å². The fourth-order valence-electron chi connectivity index (χ4n) is 4.02. The Kier molecular flexibility index (Phi) is 5.76. The third kappa shape index (κ3) is 4.38. The van der Waals surface area contributed by atoms with Gasteiger partial charge in [-0.3, -0.25) is 0 Å². The van der Waals surface area contributed by atoms with Crippen molar-refractivity contribution in [2.45, 2.75) is 16.5 Å². The van der Waals surface area contributed by atoms with Gasteiger partial charge in [-0.1, -0.05) is 12.1 Å². The molecule has 3 heterocycles. The fourth-order valence-corrected chi connectivity index (χ4v) is 5.31. The second kappa shape index (κ2) is 9.25. The lowest BCUT2D eigenvalue weighted by molar-refractivity contribution is 0.171. The predicted molar refractivity (Wildman–Crippen MR) is 131 cm³/mol. The molecule has 0 radical (unpaired) electrons. The van der Waals surface area contributed by atoms with Crippen LogP contribution in [0.5, 0.6) is 28.7 Å². The first kappa shape index (κ1) is 23.0. The Morgan fingerprint density at radius 2 is 1.65 bits per heavy atom. The molecule has 6 rings (SSSR count). The van der Waals surface area contributed by atoms with Gasteiger partial charge in [0, 0.05) is 18.2 Å². The van der Waals surface area contributed by atoms with E-state index in [1.54, 1.807) is 43.5 Å². The number of aromatic nitrogens is 1. The lowest BCUT2D eigenvalue weighted by atomic mass is 10.2. The van der Waals surface area contributed by atoms with Crippen LogP contribution in [-0.2, 0) is 16.4 Å². The van der Waals surface area contributed by atoms with Gasteiger partial charge < -0.3 is 33.4 Å². The summed E-state index contributed by atoms with van der Waals surface area (Å²) in [5, 5.41) is 2.84. The van der Waals surface area contributed by atoms with Gasteiger partial charge in [-0.15, -0.1) is 0 Å². The maximum atomic E-state index is 13.8. The number of methoxy groups -OCH3 is 1. The minimum Gasteiger partial charge on any atom is -0.497 e. The minimum atomic E-state index is -4.10. The van der Waals surface area contributed by atoms with Gasteiger partial charge in [0.05, 0.1) is 12.0 Å². The van der Waals surface area contributed by atoms with Gasteiger partial charge in [0.1, 0.15) is 19.0 Å². The monoisotopic (exact) mass is 522 g/mol. The number of hydrogen-bond acceptors (Lipinski definition) is 10. The third-order valence-corrected chi connectivity index (χ3v) is 7.54. The molecule has 0 saturated carbocycles. The summed E-state index contributed by atoms with van der Waals surface area (Å²) in [5.74, 6) is 2.85. The maximum Gasteiger partial charge on any atom is 0.234 e. The number of benzene rings is 3. The van der Waals surface area contributed by atoms with Crippen molar-refractivity contribution in [2.75, 3.05) is 32.4 Å². The second-order valence-corrected chi connectivity index (χ2v) is 10.1. The summed E-state index contributed by atoms with van der Waals surface area (Å²) >= 11 is 0. The second-order valence-electron chi connectivity index (χ2n) is 8.24. The highest BCUT2D eigenvalue weighted by Gasteiger charge is 2.30. The van der Waals surface area contributed by atoms with Crippen LogP contribution in [0, 0.1) is 0 Å². The number of ether oxygens (including phenoxy) is 5. The van der Waals surface area contributed by atoms with Crippen molar-refractivity contribution in [1.82, 2.24) is 4.98 Å². The first-order chi connectivity index (χ1) is 18.0. The zero-order valence-corrected chi connectivity index (χ0v) is 20.5. The smallest absolute Gasteiger partial charge is 0.234 e. The van der Waals surface area contributed by atoms with E-state index in [0.29, 0.717) is 47.5 Å². The topological polar surface area (TPSA) is 118 Å². The molecule has 0 saturated heterocycles. The number of nitrogens with zero attached hydrogens (tertiary/aromatic N) is 1. The molecular weight excluding hydrogens is 500 g/mol. The highest BCUT2D eigenvalue weighted by atomic mass is 32.2. The molecule has 4 aromatic rings. The van der Waals surface area contributed by atoms with Gasteiger partial charge in [-0.05, 0) is 48.0 Å². The van der Waals surface area contributed by atoms with E-state index in [-0.39, 0.29) is 35.0 Å². The minimum absolute atomic E-state index is 0.00498. The summed E-state index contributed by atoms with van der Waals surface area (Å²) in [6, 6.07) is 17.0. The molecule has 0 unspecified atom stereocenters. The third-order valence-electron chi connectivity index (χ3n) is 5.88. The van der Waals surface area contributed by atoms with Crippen molar-refractivity contribution in [3.05, 3.63) is 66.2 Å². The fraction of sp³-hybridized carbons (Fsp3) is 0.192. The zero-order valence-electron chi connectivity index (χ0n) is 19.7. The first-order valence-electron chi connectivity index (χ1n) is 11.4. The largest absolute Gasteiger partial charge is 0.497 e. The molecule has 0 atom stereocenters. The van der Waals surface area contributed by atoms with Gasteiger partial charge in [0.25, 0.3) is 0 Å². The molecule has 1 N–H and O–H groups in total. The van der Waals surface area contributed by atoms with Gasteiger partial charge in [-0.25, -0.2) is 8.42 Å². The van der Waals surface area contributed by atoms with E-state index in [1.807, 2.05) is 12.1 Å². The average molecular weight is 523 g/mol. The van der Waals surface area contributed by atoms with Crippen molar-refractivity contribution in [2.24, 2.45) is 0 Å². The van der Waals surface area contributed by atoms with Crippen LogP contribution in [0.1, 0.15) is 5.56 Å². The van der Waals surface area contributed by atoms with E-state index in [4.69, 9.17) is 28.1 Å². The summed E-state index contributed by atoms with van der Waals surface area (Å²) in [6.45, 7) is 1.16. The molecule has 0 fully saturated rings. The molecule has 11 heteroatoms. The van der Waals surface area contributed by atoms with Crippen LogP contribution >= 0.6 is 0 Å². The van der Waals surface area contributed by atoms with Crippen molar-refractivity contribution in [3.63, 3.8) is 0 Å². The summed E-state index contributed by atoms with van der Waals surface area (Å²) in [6.07, 6.45) is 0. The Hall–Kier alpha value is -4.38. The number of anilines is 1. The molecule has 0 bridgehead atoms. The number of nitrogens with one attached hydrogen (secondary N) is 1. The Labute approximate surface area is 212 Å². The molecule has 3 aromatic carbocycles. The van der Waals surface area contributed by atoms with E-state index in [2.05, 4.69) is 10.3 Å². The molecule has 10 nitrogen and oxygen atoms in total. The summed E-state index contributed by atoms with van der Waals surface area (Å²) in [4.78, 5) is 4.40. The van der Waals surface area contributed by atoms with Gasteiger partial charge in [0.2, 0.25) is 33.4 Å². The van der Waals surface area contributed by atoms with Crippen molar-refractivity contribution in [1.29, 1.82) is 0 Å². The van der Waals surface area contributed by atoms with Crippen LogP contribution in [0.2, 0.25) is 0 Å². The lowest BCUT2D eigenvalue weighted by Crippen LogP contribution is -2.16. The van der Waals surface area contributed by atoms with Crippen LogP contribution in [-0.4, -0.2) is 40.5 Å². The van der Waals surface area contributed by atoms with Crippen LogP contribution in [0.25, 0.3) is 11.5 Å². The molecule has 37 heavy (non-hydrogen) atoms. The Morgan fingerprint density at radius 1 is 0.892 bits per heavy atom. The summed E-state index contributed by atoms with van der Waals surface area (Å²) < 4.78 is 60.7. The van der Waals surface area contributed by atoms with Crippen molar-refractivity contribution < 1.29 is 36.5 Å². The quantitative estimate of drug-likeness (QED) is 0.376. The molecule has 2 aliphatic heterocycles. The van der Waals surface area contributed by atoms with Gasteiger partial charge >= 0.3 is 0 Å². The molecule has 190 valence electrons. The number of rotatable bonds is 7. The van der Waals surface area contributed by atoms with Crippen LogP contribution < -0.4 is 29.0 Å².